The van der Waals surface area contributed by atoms with Gasteiger partial charge in [-0.2, -0.15) is 0 Å². The highest BCUT2D eigenvalue weighted by Gasteiger charge is 2.17. The molecule has 0 aliphatic carbocycles. The fourth-order valence-electron chi connectivity index (χ4n) is 2.81. The van der Waals surface area contributed by atoms with Crippen LogP contribution in [-0.2, 0) is 11.3 Å². The van der Waals surface area contributed by atoms with E-state index in [0.717, 1.165) is 16.1 Å². The highest BCUT2D eigenvalue weighted by atomic mass is 32.1. The molecule has 3 heterocycles. The third-order valence-corrected chi connectivity index (χ3v) is 5.93. The van der Waals surface area contributed by atoms with E-state index in [2.05, 4.69) is 15.0 Å². The number of carbonyl (C=O) groups is 1. The zero-order valence-electron chi connectivity index (χ0n) is 14.6. The van der Waals surface area contributed by atoms with E-state index in [4.69, 9.17) is 4.74 Å². The van der Waals surface area contributed by atoms with Gasteiger partial charge in [0.1, 0.15) is 22.1 Å². The van der Waals surface area contributed by atoms with Crippen LogP contribution in [0.5, 0.6) is 0 Å². The van der Waals surface area contributed by atoms with Gasteiger partial charge in [0.05, 0.1) is 16.1 Å². The average molecular weight is 397 g/mol. The summed E-state index contributed by atoms with van der Waals surface area (Å²) in [5.74, 6) is -0.141. The number of thiophene rings is 1. The van der Waals surface area contributed by atoms with Crippen LogP contribution in [0, 0.1) is 13.8 Å². The molecule has 0 spiro atoms. The number of aromatic amines is 1. The second kappa shape index (κ2) is 7.05. The molecule has 0 fully saturated rings. The molecule has 0 saturated carbocycles. The Morgan fingerprint density at radius 3 is 2.67 bits per heavy atom. The Labute approximate surface area is 162 Å². The first-order valence-electron chi connectivity index (χ1n) is 8.20. The van der Waals surface area contributed by atoms with Crippen molar-refractivity contribution in [3.8, 4) is 11.1 Å². The molecule has 0 unspecified atom stereocenters. The van der Waals surface area contributed by atoms with Gasteiger partial charge in [-0.15, -0.1) is 22.7 Å². The van der Waals surface area contributed by atoms with Gasteiger partial charge in [-0.25, -0.2) is 14.8 Å². The van der Waals surface area contributed by atoms with Crippen LogP contribution in [-0.4, -0.2) is 20.9 Å². The van der Waals surface area contributed by atoms with Crippen LogP contribution in [0.25, 0.3) is 21.3 Å². The molecule has 136 valence electrons. The molecule has 3 aromatic heterocycles. The lowest BCUT2D eigenvalue weighted by atomic mass is 10.1. The number of hydrogen-bond acceptors (Lipinski definition) is 7. The summed E-state index contributed by atoms with van der Waals surface area (Å²) in [5, 5.41) is 3.27. The maximum absolute atomic E-state index is 12.6. The summed E-state index contributed by atoms with van der Waals surface area (Å²) < 4.78 is 5.31. The second-order valence-corrected chi connectivity index (χ2v) is 7.99. The number of nitrogens with one attached hydrogen (secondary N) is 1. The molecule has 0 bridgehead atoms. The Morgan fingerprint density at radius 2 is 1.96 bits per heavy atom. The number of H-pyrrole nitrogens is 1. The molecule has 0 aliphatic heterocycles. The molecular formula is C19H15N3O3S2. The summed E-state index contributed by atoms with van der Waals surface area (Å²) in [5.41, 5.74) is 2.22. The normalized spacial score (nSPS) is 11.0. The molecule has 1 aromatic carbocycles. The minimum atomic E-state index is -0.461. The van der Waals surface area contributed by atoms with Gasteiger partial charge in [-0.05, 0) is 19.4 Å². The first-order chi connectivity index (χ1) is 13.0. The Balaban J connectivity index is 1.60. The van der Waals surface area contributed by atoms with Crippen molar-refractivity contribution in [2.24, 2.45) is 0 Å². The molecule has 27 heavy (non-hydrogen) atoms. The van der Waals surface area contributed by atoms with Crippen molar-refractivity contribution >= 4 is 38.9 Å². The predicted molar refractivity (Wildman–Crippen MR) is 106 cm³/mol. The molecule has 4 aromatic rings. The van der Waals surface area contributed by atoms with Crippen LogP contribution in [0.4, 0.5) is 0 Å². The molecular weight excluding hydrogens is 382 g/mol. The van der Waals surface area contributed by atoms with Gasteiger partial charge in [-0.1, -0.05) is 30.3 Å². The van der Waals surface area contributed by atoms with Crippen molar-refractivity contribution in [2.75, 3.05) is 0 Å². The van der Waals surface area contributed by atoms with Crippen molar-refractivity contribution in [3.63, 3.8) is 0 Å². The number of rotatable bonds is 4. The van der Waals surface area contributed by atoms with Crippen molar-refractivity contribution in [2.45, 2.75) is 20.5 Å². The van der Waals surface area contributed by atoms with Gasteiger partial charge >= 0.3 is 5.97 Å². The Bertz CT molecular complexity index is 1190. The zero-order valence-corrected chi connectivity index (χ0v) is 16.2. The average Bonchev–Trinajstić information content (AvgIpc) is 3.23. The molecule has 0 amide bonds. The summed E-state index contributed by atoms with van der Waals surface area (Å²) in [6.45, 7) is 3.50. The Morgan fingerprint density at radius 1 is 1.19 bits per heavy atom. The van der Waals surface area contributed by atoms with E-state index in [-0.39, 0.29) is 12.2 Å². The predicted octanol–water partition coefficient (Wildman–Crippen LogP) is 4.08. The van der Waals surface area contributed by atoms with E-state index in [9.17, 15) is 9.59 Å². The van der Waals surface area contributed by atoms with Gasteiger partial charge in [0.2, 0.25) is 0 Å². The van der Waals surface area contributed by atoms with Gasteiger partial charge in [0.15, 0.2) is 0 Å². The van der Waals surface area contributed by atoms with E-state index in [1.807, 2.05) is 42.6 Å². The Hall–Kier alpha value is -2.84. The monoisotopic (exact) mass is 397 g/mol. The van der Waals surface area contributed by atoms with Gasteiger partial charge < -0.3 is 9.72 Å². The molecule has 0 atom stereocenters. The summed E-state index contributed by atoms with van der Waals surface area (Å²) in [4.78, 5) is 37.3. The van der Waals surface area contributed by atoms with Gasteiger partial charge in [0.25, 0.3) is 5.56 Å². The summed E-state index contributed by atoms with van der Waals surface area (Å²) in [7, 11) is 0. The smallest absolute Gasteiger partial charge is 0.350 e. The largest absolute Gasteiger partial charge is 0.453 e. The second-order valence-electron chi connectivity index (χ2n) is 5.93. The van der Waals surface area contributed by atoms with Crippen LogP contribution in [0.15, 0.2) is 40.5 Å². The standard InChI is InChI=1S/C19H15N3O3S2/c1-10-16(27-11(2)20-10)19(24)25-8-14-21-17(23)15-13(9-26-18(15)22-14)12-6-4-3-5-7-12/h3-7,9H,8H2,1-2H3,(H,21,22,23). The highest BCUT2D eigenvalue weighted by Crippen LogP contribution is 2.30. The quantitative estimate of drug-likeness (QED) is 0.525. The Kier molecular flexibility index (Phi) is 4.59. The highest BCUT2D eigenvalue weighted by molar-refractivity contribution is 7.17. The molecule has 8 heteroatoms. The number of aryl methyl sites for hydroxylation is 2. The SMILES string of the molecule is Cc1nc(C)c(C(=O)OCc2nc3scc(-c4ccccc4)c3c(=O)[nH]2)s1. The van der Waals surface area contributed by atoms with Crippen LogP contribution < -0.4 is 5.56 Å². The lowest BCUT2D eigenvalue weighted by Gasteiger charge is -2.04. The first kappa shape index (κ1) is 17.6. The third-order valence-electron chi connectivity index (χ3n) is 4.01. The number of thiazole rings is 1. The number of nitrogens with zero attached hydrogens (tertiary/aromatic N) is 2. The fraction of sp³-hybridized carbons (Fsp3) is 0.158. The minimum absolute atomic E-state index is 0.0982. The number of carbonyl (C=O) groups excluding carboxylic acids is 1. The van der Waals surface area contributed by atoms with Gasteiger partial charge in [-0.3, -0.25) is 4.79 Å². The summed E-state index contributed by atoms with van der Waals surface area (Å²) in [6, 6.07) is 9.69. The molecule has 4 rings (SSSR count). The fourth-order valence-corrected chi connectivity index (χ4v) is 4.59. The number of hydrogen-bond donors (Lipinski definition) is 1. The topological polar surface area (TPSA) is 84.9 Å². The molecule has 0 saturated heterocycles. The van der Waals surface area contributed by atoms with E-state index in [1.165, 1.54) is 22.7 Å². The maximum Gasteiger partial charge on any atom is 0.350 e. The van der Waals surface area contributed by atoms with E-state index < -0.39 is 5.97 Å². The van der Waals surface area contributed by atoms with E-state index in [1.54, 1.807) is 6.92 Å². The number of aromatic nitrogens is 3. The zero-order chi connectivity index (χ0) is 19.0. The molecule has 0 aliphatic rings. The third kappa shape index (κ3) is 3.41. The lowest BCUT2D eigenvalue weighted by molar-refractivity contribution is 0.0467. The van der Waals surface area contributed by atoms with Crippen LogP contribution >= 0.6 is 22.7 Å². The summed E-state index contributed by atoms with van der Waals surface area (Å²) in [6.07, 6.45) is 0. The number of esters is 1. The van der Waals surface area contributed by atoms with E-state index in [0.29, 0.717) is 26.6 Å². The van der Waals surface area contributed by atoms with Crippen LogP contribution in [0.2, 0.25) is 0 Å². The van der Waals surface area contributed by atoms with E-state index >= 15 is 0 Å². The maximum atomic E-state index is 12.6. The minimum Gasteiger partial charge on any atom is -0.453 e. The van der Waals surface area contributed by atoms with Crippen molar-refractivity contribution < 1.29 is 9.53 Å². The van der Waals surface area contributed by atoms with Gasteiger partial charge in [0, 0.05) is 10.9 Å². The number of fused-ring (bicyclic) bond motifs is 1. The molecule has 1 N–H and O–H groups in total. The molecule has 6 nitrogen and oxygen atoms in total. The van der Waals surface area contributed by atoms with Crippen molar-refractivity contribution in [1.29, 1.82) is 0 Å². The lowest BCUT2D eigenvalue weighted by Crippen LogP contribution is -2.14. The van der Waals surface area contributed by atoms with Crippen LogP contribution in [0.1, 0.15) is 26.2 Å². The first-order valence-corrected chi connectivity index (χ1v) is 9.89. The summed E-state index contributed by atoms with van der Waals surface area (Å²) >= 11 is 2.68. The molecule has 0 radical (unpaired) electrons. The number of ether oxygens (including phenoxy) is 1. The van der Waals surface area contributed by atoms with Crippen LogP contribution in [0.3, 0.4) is 0 Å². The van der Waals surface area contributed by atoms with Crippen molar-refractivity contribution in [1.82, 2.24) is 15.0 Å². The van der Waals surface area contributed by atoms with Crippen molar-refractivity contribution in [3.05, 3.63) is 67.5 Å². The number of benzene rings is 1.